The van der Waals surface area contributed by atoms with Gasteiger partial charge < -0.3 is 20.3 Å². The molecule has 0 bridgehead atoms. The molecule has 5 heterocycles. The van der Waals surface area contributed by atoms with Crippen molar-refractivity contribution in [2.24, 2.45) is 11.8 Å². The largest absolute Gasteiger partial charge is 0.378 e. The molecule has 1 aliphatic heterocycles. The van der Waals surface area contributed by atoms with Crippen LogP contribution in [0.4, 0.5) is 17.3 Å². The maximum Gasteiger partial charge on any atom is 0.228 e. The number of nitrogens with one attached hydrogen (secondary N) is 2. The number of carbonyl (C=O) groups excluding carboxylic acids is 1. The van der Waals surface area contributed by atoms with Gasteiger partial charge in [0.15, 0.2) is 23.1 Å². The Morgan fingerprint density at radius 2 is 2.17 bits per heavy atom. The van der Waals surface area contributed by atoms with E-state index in [2.05, 4.69) is 47.7 Å². The molecule has 35 heavy (non-hydrogen) atoms. The predicted molar refractivity (Wildman–Crippen MR) is 132 cm³/mol. The molecule has 2 atom stereocenters. The quantitative estimate of drug-likeness (QED) is 0.432. The lowest BCUT2D eigenvalue weighted by molar-refractivity contribution is -0.117. The third kappa shape index (κ3) is 4.01. The van der Waals surface area contributed by atoms with Gasteiger partial charge in [0.2, 0.25) is 5.91 Å². The van der Waals surface area contributed by atoms with Gasteiger partial charge in [-0.15, -0.1) is 15.3 Å². The highest BCUT2D eigenvalue weighted by Crippen LogP contribution is 2.41. The smallest absolute Gasteiger partial charge is 0.228 e. The van der Waals surface area contributed by atoms with E-state index in [1.165, 1.54) is 6.20 Å². The molecule has 2 fully saturated rings. The highest BCUT2D eigenvalue weighted by Gasteiger charge is 2.41. The van der Waals surface area contributed by atoms with E-state index in [0.29, 0.717) is 41.6 Å². The second kappa shape index (κ2) is 8.73. The van der Waals surface area contributed by atoms with Gasteiger partial charge in [-0.1, -0.05) is 13.3 Å². The Labute approximate surface area is 206 Å². The standard InChI is InChI=1S/C24H27N9O2/c1-3-14-10-16(14)24(34)27-19-11-17-18(12-26-23(25-2)21(17)30-29-19)22-28-20-5-4-15(13-33(20)31-22)32-6-8-35-9-7-32/h4-5,11-14,16H,3,6-10H2,1-2H3,(H,25,26)(H,27,29,34)/t14-,16-/m0/s1/i2D3. The van der Waals surface area contributed by atoms with Gasteiger partial charge in [0.25, 0.3) is 0 Å². The van der Waals surface area contributed by atoms with Crippen molar-refractivity contribution < 1.29 is 13.6 Å². The fraction of sp³-hybridized carbons (Fsp3) is 0.417. The summed E-state index contributed by atoms with van der Waals surface area (Å²) in [6.45, 7) is 2.54. The summed E-state index contributed by atoms with van der Waals surface area (Å²) >= 11 is 0. The molecule has 4 aromatic heterocycles. The Morgan fingerprint density at radius 3 is 2.97 bits per heavy atom. The van der Waals surface area contributed by atoms with Crippen LogP contribution < -0.4 is 15.5 Å². The van der Waals surface area contributed by atoms with Crippen molar-refractivity contribution in [3.05, 3.63) is 30.6 Å². The molecule has 0 spiro atoms. The number of anilines is 3. The average Bonchev–Trinajstić information content (AvgIpc) is 3.58. The van der Waals surface area contributed by atoms with Crippen molar-refractivity contribution in [1.82, 2.24) is 29.8 Å². The minimum absolute atomic E-state index is 0.0250. The molecule has 0 radical (unpaired) electrons. The Balaban J connectivity index is 1.40. The molecule has 1 amide bonds. The van der Waals surface area contributed by atoms with E-state index in [0.717, 1.165) is 31.6 Å². The Kier molecular flexibility index (Phi) is 4.61. The number of fused-ring (bicyclic) bond motifs is 2. The maximum absolute atomic E-state index is 12.7. The number of morpholine rings is 1. The number of ether oxygens (including phenoxy) is 1. The summed E-state index contributed by atoms with van der Waals surface area (Å²) in [6.07, 6.45) is 5.24. The molecule has 11 nitrogen and oxygen atoms in total. The highest BCUT2D eigenvalue weighted by molar-refractivity contribution is 6.01. The first kappa shape index (κ1) is 18.5. The molecule has 4 aromatic rings. The Hall–Kier alpha value is -3.86. The summed E-state index contributed by atoms with van der Waals surface area (Å²) in [5.41, 5.74) is 2.43. The van der Waals surface area contributed by atoms with E-state index < -0.39 is 6.98 Å². The van der Waals surface area contributed by atoms with Crippen LogP contribution in [0.3, 0.4) is 0 Å². The molecule has 11 heteroatoms. The fourth-order valence-electron chi connectivity index (χ4n) is 4.60. The number of rotatable bonds is 6. The second-order valence-electron chi connectivity index (χ2n) is 8.86. The summed E-state index contributed by atoms with van der Waals surface area (Å²) in [6, 6.07) is 5.56. The van der Waals surface area contributed by atoms with Crippen LogP contribution in [-0.4, -0.2) is 69.0 Å². The van der Waals surface area contributed by atoms with Gasteiger partial charge in [0, 0.05) is 47.2 Å². The van der Waals surface area contributed by atoms with Gasteiger partial charge in [-0.05, 0) is 30.5 Å². The molecule has 2 N–H and O–H groups in total. The van der Waals surface area contributed by atoms with Crippen molar-refractivity contribution in [1.29, 1.82) is 0 Å². The maximum atomic E-state index is 12.7. The lowest BCUT2D eigenvalue weighted by Gasteiger charge is -2.28. The molecule has 2 aliphatic rings. The third-order valence-corrected chi connectivity index (χ3v) is 6.72. The van der Waals surface area contributed by atoms with Crippen molar-refractivity contribution >= 4 is 39.8 Å². The van der Waals surface area contributed by atoms with Crippen molar-refractivity contribution in [2.75, 3.05) is 48.8 Å². The molecule has 0 aromatic carbocycles. The van der Waals surface area contributed by atoms with Crippen LogP contribution in [0, 0.1) is 11.8 Å². The lowest BCUT2D eigenvalue weighted by atomic mass is 10.1. The zero-order valence-electron chi connectivity index (χ0n) is 22.2. The third-order valence-electron chi connectivity index (χ3n) is 6.72. The Bertz CT molecular complexity index is 1520. The summed E-state index contributed by atoms with van der Waals surface area (Å²) in [4.78, 5) is 23.9. The molecule has 1 saturated heterocycles. The van der Waals surface area contributed by atoms with Gasteiger partial charge in [-0.3, -0.25) is 4.79 Å². The van der Waals surface area contributed by atoms with Crippen LogP contribution in [0.25, 0.3) is 27.9 Å². The van der Waals surface area contributed by atoms with Crippen LogP contribution in [0.1, 0.15) is 23.9 Å². The van der Waals surface area contributed by atoms with E-state index in [1.54, 1.807) is 10.6 Å². The normalized spacial score (nSPS) is 21.4. The summed E-state index contributed by atoms with van der Waals surface area (Å²) in [7, 11) is 0. The van der Waals surface area contributed by atoms with Gasteiger partial charge >= 0.3 is 0 Å². The SMILES string of the molecule is [2H]C([2H])([2H])Nc1ncc(-c2nc3ccc(N4CCOCC4)cn3n2)c2cc(NC(=O)[C@H]3C[C@@H]3CC)nnc12. The number of hydrogen-bond acceptors (Lipinski definition) is 9. The second-order valence-corrected chi connectivity index (χ2v) is 8.86. The first-order valence-electron chi connectivity index (χ1n) is 13.2. The van der Waals surface area contributed by atoms with Crippen molar-refractivity contribution in [2.45, 2.75) is 19.8 Å². The molecular formula is C24H27N9O2. The number of pyridine rings is 2. The topological polar surface area (TPSA) is 122 Å². The van der Waals surface area contributed by atoms with Crippen molar-refractivity contribution in [3.8, 4) is 11.4 Å². The molecule has 180 valence electrons. The summed E-state index contributed by atoms with van der Waals surface area (Å²) < 4.78 is 30.0. The zero-order valence-corrected chi connectivity index (χ0v) is 19.2. The van der Waals surface area contributed by atoms with E-state index in [1.807, 2.05) is 18.3 Å². The molecule has 6 rings (SSSR count). The van der Waals surface area contributed by atoms with E-state index in [-0.39, 0.29) is 29.0 Å². The van der Waals surface area contributed by atoms with E-state index in [9.17, 15) is 4.79 Å². The highest BCUT2D eigenvalue weighted by atomic mass is 16.5. The first-order chi connectivity index (χ1) is 18.3. The number of nitrogens with zero attached hydrogens (tertiary/aromatic N) is 7. The first-order valence-corrected chi connectivity index (χ1v) is 11.7. The van der Waals surface area contributed by atoms with Crippen LogP contribution >= 0.6 is 0 Å². The molecular weight excluding hydrogens is 446 g/mol. The lowest BCUT2D eigenvalue weighted by Crippen LogP contribution is -2.36. The minimum atomic E-state index is -2.48. The zero-order chi connectivity index (χ0) is 26.4. The number of amides is 1. The summed E-state index contributed by atoms with van der Waals surface area (Å²) in [5.74, 6) is 0.991. The monoisotopic (exact) mass is 476 g/mol. The van der Waals surface area contributed by atoms with Crippen LogP contribution in [-0.2, 0) is 9.53 Å². The predicted octanol–water partition coefficient (Wildman–Crippen LogP) is 2.60. The molecule has 0 unspecified atom stereocenters. The van der Waals surface area contributed by atoms with E-state index >= 15 is 0 Å². The molecule has 1 saturated carbocycles. The fourth-order valence-corrected chi connectivity index (χ4v) is 4.60. The van der Waals surface area contributed by atoms with Gasteiger partial charge in [0.1, 0.15) is 5.52 Å². The molecule has 1 aliphatic carbocycles. The number of aromatic nitrogens is 6. The summed E-state index contributed by atoms with van der Waals surface area (Å²) in [5, 5.41) is 18.8. The number of carbonyl (C=O) groups is 1. The van der Waals surface area contributed by atoms with Gasteiger partial charge in [0.05, 0.1) is 25.1 Å². The Morgan fingerprint density at radius 1 is 1.29 bits per heavy atom. The van der Waals surface area contributed by atoms with Crippen LogP contribution in [0.15, 0.2) is 30.6 Å². The minimum Gasteiger partial charge on any atom is -0.378 e. The van der Waals surface area contributed by atoms with Crippen molar-refractivity contribution in [3.63, 3.8) is 0 Å². The number of hydrogen-bond donors (Lipinski definition) is 2. The van der Waals surface area contributed by atoms with E-state index in [4.69, 9.17) is 8.85 Å². The van der Waals surface area contributed by atoms with Gasteiger partial charge in [-0.25, -0.2) is 14.5 Å². The van der Waals surface area contributed by atoms with Crippen LogP contribution in [0.5, 0.6) is 0 Å². The van der Waals surface area contributed by atoms with Gasteiger partial charge in [-0.2, -0.15) is 0 Å². The average molecular weight is 477 g/mol. The van der Waals surface area contributed by atoms with Crippen LogP contribution in [0.2, 0.25) is 0 Å².